The van der Waals surface area contributed by atoms with Gasteiger partial charge in [-0.05, 0) is 12.1 Å². The quantitative estimate of drug-likeness (QED) is 0.786. The van der Waals surface area contributed by atoms with Crippen molar-refractivity contribution in [2.75, 3.05) is 12.4 Å². The van der Waals surface area contributed by atoms with Gasteiger partial charge in [-0.1, -0.05) is 29.3 Å². The van der Waals surface area contributed by atoms with Crippen molar-refractivity contribution in [3.05, 3.63) is 46.5 Å². The Bertz CT molecular complexity index is 843. The molecule has 6 nitrogen and oxygen atoms in total. The zero-order valence-corrected chi connectivity index (χ0v) is 12.8. The molecule has 0 aliphatic heterocycles. The molecule has 2 aromatic heterocycles. The molecule has 1 amide bonds. The number of methoxy groups -OCH3 is 1. The Morgan fingerprint density at radius 1 is 1.27 bits per heavy atom. The average molecular weight is 338 g/mol. The molecule has 22 heavy (non-hydrogen) atoms. The minimum Gasteiger partial charge on any atom is -0.494 e. The highest BCUT2D eigenvalue weighted by Crippen LogP contribution is 2.30. The van der Waals surface area contributed by atoms with E-state index in [1.165, 1.54) is 19.5 Å². The maximum atomic E-state index is 12.2. The van der Waals surface area contributed by atoms with Crippen LogP contribution >= 0.6 is 23.2 Å². The number of para-hydroxylation sites is 1. The molecule has 3 rings (SSSR count). The second-order valence-corrected chi connectivity index (χ2v) is 5.07. The van der Waals surface area contributed by atoms with Gasteiger partial charge in [0.2, 0.25) is 0 Å². The number of ether oxygens (including phenoxy) is 1. The molecule has 0 saturated heterocycles. The number of anilines is 1. The molecule has 0 aliphatic carbocycles. The van der Waals surface area contributed by atoms with E-state index in [-0.39, 0.29) is 21.6 Å². The lowest BCUT2D eigenvalue weighted by Gasteiger charge is -2.06. The number of aromatic nitrogens is 2. The fourth-order valence-corrected chi connectivity index (χ4v) is 2.34. The largest absolute Gasteiger partial charge is 0.494 e. The number of rotatable bonds is 3. The zero-order chi connectivity index (χ0) is 15.7. The number of nitrogens with zero attached hydrogens (tertiary/aromatic N) is 2. The lowest BCUT2D eigenvalue weighted by molar-refractivity contribution is 0.0992. The van der Waals surface area contributed by atoms with E-state index in [1.54, 1.807) is 18.2 Å². The highest BCUT2D eigenvalue weighted by molar-refractivity contribution is 6.39. The predicted octanol–water partition coefficient (Wildman–Crippen LogP) is 3.79. The molecule has 1 N–H and O–H groups in total. The number of oxazole rings is 1. The summed E-state index contributed by atoms with van der Waals surface area (Å²) in [6.07, 6.45) is 2.75. The van der Waals surface area contributed by atoms with Gasteiger partial charge in [0.25, 0.3) is 5.89 Å². The minimum atomic E-state index is -0.576. The minimum absolute atomic E-state index is 0.122. The van der Waals surface area contributed by atoms with Crippen LogP contribution in [-0.4, -0.2) is 23.0 Å². The SMILES string of the molecule is COc1cccc2oc(C(=O)Nc3c(Cl)cncc3Cl)nc12. The van der Waals surface area contributed by atoms with Crippen LogP contribution in [0, 0.1) is 0 Å². The number of pyridine rings is 1. The zero-order valence-electron chi connectivity index (χ0n) is 11.3. The van der Waals surface area contributed by atoms with Crippen molar-refractivity contribution in [1.29, 1.82) is 0 Å². The molecule has 112 valence electrons. The predicted molar refractivity (Wildman–Crippen MR) is 82.8 cm³/mol. The fraction of sp³-hybridized carbons (Fsp3) is 0.0714. The Kier molecular flexibility index (Phi) is 3.87. The summed E-state index contributed by atoms with van der Waals surface area (Å²) in [5.41, 5.74) is 1.15. The van der Waals surface area contributed by atoms with Crippen molar-refractivity contribution in [3.63, 3.8) is 0 Å². The first-order chi connectivity index (χ1) is 10.6. The molecule has 0 radical (unpaired) electrons. The van der Waals surface area contributed by atoms with Gasteiger partial charge in [-0.15, -0.1) is 0 Å². The van der Waals surface area contributed by atoms with Crippen LogP contribution in [0.3, 0.4) is 0 Å². The van der Waals surface area contributed by atoms with E-state index >= 15 is 0 Å². The summed E-state index contributed by atoms with van der Waals surface area (Å²) in [6, 6.07) is 5.15. The molecule has 0 aliphatic rings. The molecule has 8 heteroatoms. The molecule has 0 unspecified atom stereocenters. The number of hydrogen-bond acceptors (Lipinski definition) is 5. The van der Waals surface area contributed by atoms with Gasteiger partial charge in [-0.3, -0.25) is 9.78 Å². The van der Waals surface area contributed by atoms with Gasteiger partial charge in [0.05, 0.1) is 22.8 Å². The monoisotopic (exact) mass is 337 g/mol. The number of hydrogen-bond donors (Lipinski definition) is 1. The van der Waals surface area contributed by atoms with Gasteiger partial charge in [0.15, 0.2) is 11.1 Å². The summed E-state index contributed by atoms with van der Waals surface area (Å²) in [5, 5.41) is 2.99. The van der Waals surface area contributed by atoms with Gasteiger partial charge in [-0.2, -0.15) is 0 Å². The van der Waals surface area contributed by atoms with E-state index in [0.717, 1.165) is 0 Å². The number of benzene rings is 1. The Morgan fingerprint density at radius 2 is 2.00 bits per heavy atom. The van der Waals surface area contributed by atoms with Gasteiger partial charge in [-0.25, -0.2) is 4.98 Å². The van der Waals surface area contributed by atoms with Crippen molar-refractivity contribution in [2.24, 2.45) is 0 Å². The molecule has 2 heterocycles. The normalized spacial score (nSPS) is 10.7. The molecule has 0 atom stereocenters. The number of carbonyl (C=O) groups excluding carboxylic acids is 1. The molecule has 3 aromatic rings. The van der Waals surface area contributed by atoms with Crippen molar-refractivity contribution >= 4 is 45.9 Å². The molecule has 1 aromatic carbocycles. The first-order valence-electron chi connectivity index (χ1n) is 6.14. The number of carbonyl (C=O) groups is 1. The van der Waals surface area contributed by atoms with E-state index in [9.17, 15) is 4.79 Å². The maximum Gasteiger partial charge on any atom is 0.311 e. The van der Waals surface area contributed by atoms with E-state index in [2.05, 4.69) is 15.3 Å². The number of nitrogens with one attached hydrogen (secondary N) is 1. The average Bonchev–Trinajstić information content (AvgIpc) is 2.95. The van der Waals surface area contributed by atoms with Crippen LogP contribution < -0.4 is 10.1 Å². The van der Waals surface area contributed by atoms with Crippen LogP contribution in [0.1, 0.15) is 10.7 Å². The third-order valence-corrected chi connectivity index (χ3v) is 3.46. The second kappa shape index (κ2) is 5.82. The van der Waals surface area contributed by atoms with E-state index < -0.39 is 5.91 Å². The summed E-state index contributed by atoms with van der Waals surface area (Å²) in [7, 11) is 1.51. The summed E-state index contributed by atoms with van der Waals surface area (Å²) in [4.78, 5) is 20.2. The third kappa shape index (κ3) is 2.58. The number of halogens is 2. The van der Waals surface area contributed by atoms with Crippen molar-refractivity contribution in [3.8, 4) is 5.75 Å². The second-order valence-electron chi connectivity index (χ2n) is 4.26. The van der Waals surface area contributed by atoms with Crippen LogP contribution in [0.4, 0.5) is 5.69 Å². The summed E-state index contributed by atoms with van der Waals surface area (Å²) < 4.78 is 10.6. The smallest absolute Gasteiger partial charge is 0.311 e. The molecule has 0 spiro atoms. The molecule has 0 saturated carbocycles. The highest BCUT2D eigenvalue weighted by Gasteiger charge is 2.19. The standard InChI is InChI=1S/C14H9Cl2N3O3/c1-21-9-3-2-4-10-12(9)19-14(22-10)13(20)18-11-7(15)5-17-6-8(11)16/h2-6H,1H3,(H,17,18,20). The molecule has 0 bridgehead atoms. The van der Waals surface area contributed by atoms with Gasteiger partial charge < -0.3 is 14.5 Å². The Labute approximate surface area is 135 Å². The van der Waals surface area contributed by atoms with Gasteiger partial charge in [0, 0.05) is 12.4 Å². The van der Waals surface area contributed by atoms with Crippen LogP contribution in [0.25, 0.3) is 11.1 Å². The lowest BCUT2D eigenvalue weighted by Crippen LogP contribution is -2.13. The van der Waals surface area contributed by atoms with Crippen molar-refractivity contribution < 1.29 is 13.9 Å². The van der Waals surface area contributed by atoms with E-state index in [4.69, 9.17) is 32.4 Å². The summed E-state index contributed by atoms with van der Waals surface area (Å²) in [6.45, 7) is 0. The van der Waals surface area contributed by atoms with E-state index in [1.807, 2.05) is 0 Å². The fourth-order valence-electron chi connectivity index (χ4n) is 1.88. The first kappa shape index (κ1) is 14.6. The topological polar surface area (TPSA) is 77.2 Å². The molecular formula is C14H9Cl2N3O3. The summed E-state index contributed by atoms with van der Waals surface area (Å²) >= 11 is 11.9. The first-order valence-corrected chi connectivity index (χ1v) is 6.89. The van der Waals surface area contributed by atoms with Crippen molar-refractivity contribution in [1.82, 2.24) is 9.97 Å². The van der Waals surface area contributed by atoms with Crippen LogP contribution in [-0.2, 0) is 0 Å². The Balaban J connectivity index is 1.96. The molecule has 0 fully saturated rings. The van der Waals surface area contributed by atoms with Crippen molar-refractivity contribution in [2.45, 2.75) is 0 Å². The van der Waals surface area contributed by atoms with E-state index in [0.29, 0.717) is 16.8 Å². The third-order valence-electron chi connectivity index (χ3n) is 2.89. The van der Waals surface area contributed by atoms with Crippen LogP contribution in [0.15, 0.2) is 35.0 Å². The van der Waals surface area contributed by atoms with Crippen LogP contribution in [0.2, 0.25) is 10.0 Å². The van der Waals surface area contributed by atoms with Crippen LogP contribution in [0.5, 0.6) is 5.75 Å². The lowest BCUT2D eigenvalue weighted by atomic mass is 10.3. The number of fused-ring (bicyclic) bond motifs is 1. The molecular weight excluding hydrogens is 329 g/mol. The summed E-state index contributed by atoms with van der Waals surface area (Å²) in [5.74, 6) is -0.183. The number of amides is 1. The highest BCUT2D eigenvalue weighted by atomic mass is 35.5. The van der Waals surface area contributed by atoms with Gasteiger partial charge in [0.1, 0.15) is 5.75 Å². The van der Waals surface area contributed by atoms with Gasteiger partial charge >= 0.3 is 5.91 Å². The Hall–Kier alpha value is -2.31. The maximum absolute atomic E-state index is 12.2. The Morgan fingerprint density at radius 3 is 2.68 bits per heavy atom.